The summed E-state index contributed by atoms with van der Waals surface area (Å²) in [7, 11) is 0. The molecule has 10 aromatic rings. The van der Waals surface area contributed by atoms with E-state index in [-0.39, 0.29) is 0 Å². The Bertz CT molecular complexity index is 2720. The Morgan fingerprint density at radius 3 is 1.48 bits per heavy atom. The van der Waals surface area contributed by atoms with Crippen molar-refractivity contribution in [3.8, 4) is 34.2 Å². The van der Waals surface area contributed by atoms with E-state index in [0.717, 1.165) is 82.1 Å². The van der Waals surface area contributed by atoms with E-state index in [1.165, 1.54) is 0 Å². The SMILES string of the molecule is c1ccc2c(-c3nc(-c4ccc5c(c4)oc4c5ccc5c6ccccc6oc54)nc(-c4cccc5ccccc45)n3)cccc2c1. The van der Waals surface area contributed by atoms with E-state index < -0.39 is 0 Å². The lowest BCUT2D eigenvalue weighted by atomic mass is 10.0. The third-order valence-corrected chi connectivity index (χ3v) is 8.94. The second-order valence-corrected chi connectivity index (χ2v) is 11.6. The molecule has 5 nitrogen and oxygen atoms in total. The number of rotatable bonds is 3. The number of para-hydroxylation sites is 1. The number of benzene rings is 7. The maximum absolute atomic E-state index is 6.54. The van der Waals surface area contributed by atoms with Crippen molar-refractivity contribution < 1.29 is 8.83 Å². The smallest absolute Gasteiger partial charge is 0.178 e. The first kappa shape index (κ1) is 25.0. The molecule has 3 aromatic heterocycles. The van der Waals surface area contributed by atoms with Crippen LogP contribution in [0.4, 0.5) is 0 Å². The van der Waals surface area contributed by atoms with Gasteiger partial charge in [0, 0.05) is 38.2 Å². The van der Waals surface area contributed by atoms with Crippen LogP contribution in [-0.2, 0) is 0 Å². The van der Waals surface area contributed by atoms with Crippen LogP contribution in [0, 0.1) is 0 Å². The summed E-state index contributed by atoms with van der Waals surface area (Å²) >= 11 is 0. The third kappa shape index (κ3) is 3.72. The van der Waals surface area contributed by atoms with Gasteiger partial charge in [0.2, 0.25) is 0 Å². The highest BCUT2D eigenvalue weighted by atomic mass is 16.4. The minimum atomic E-state index is 0.581. The van der Waals surface area contributed by atoms with E-state index in [0.29, 0.717) is 17.5 Å². The summed E-state index contributed by atoms with van der Waals surface area (Å²) in [5, 5.41) is 8.59. The molecule has 0 unspecified atom stereocenters. The van der Waals surface area contributed by atoms with Gasteiger partial charge in [0.15, 0.2) is 28.6 Å². The van der Waals surface area contributed by atoms with Crippen molar-refractivity contribution in [2.75, 3.05) is 0 Å². The van der Waals surface area contributed by atoms with Gasteiger partial charge >= 0.3 is 0 Å². The van der Waals surface area contributed by atoms with Crippen LogP contribution in [0.1, 0.15) is 0 Å². The molecule has 7 aromatic carbocycles. The van der Waals surface area contributed by atoms with Crippen LogP contribution in [0.25, 0.3) is 99.6 Å². The number of hydrogen-bond donors (Lipinski definition) is 0. The largest absolute Gasteiger partial charge is 0.452 e. The Balaban J connectivity index is 1.21. The van der Waals surface area contributed by atoms with Gasteiger partial charge in [-0.1, -0.05) is 109 Å². The standard InChI is InChI=1S/C41H23N3O2/c1-3-13-27-24(9-1)11-7-16-33(27)40-42-39(43-41(44-40)34-17-8-12-25-10-2-4-14-28(25)34)26-19-20-30-32-22-21-31-29-15-5-6-18-35(29)45-37(31)38(32)46-36(30)23-26/h1-23H. The van der Waals surface area contributed by atoms with Crippen LogP contribution in [0.3, 0.4) is 0 Å². The Morgan fingerprint density at radius 1 is 0.348 bits per heavy atom. The van der Waals surface area contributed by atoms with Crippen LogP contribution in [0.2, 0.25) is 0 Å². The number of aromatic nitrogens is 3. The van der Waals surface area contributed by atoms with Gasteiger partial charge in [-0.25, -0.2) is 15.0 Å². The lowest BCUT2D eigenvalue weighted by Crippen LogP contribution is -2.01. The van der Waals surface area contributed by atoms with Gasteiger partial charge in [-0.05, 0) is 51.9 Å². The minimum absolute atomic E-state index is 0.581. The van der Waals surface area contributed by atoms with Gasteiger partial charge in [0.1, 0.15) is 11.2 Å². The molecule has 0 aliphatic rings. The lowest BCUT2D eigenvalue weighted by molar-refractivity contribution is 0.633. The Hall–Kier alpha value is -6.33. The highest BCUT2D eigenvalue weighted by Gasteiger charge is 2.19. The fourth-order valence-corrected chi connectivity index (χ4v) is 6.74. The Kier molecular flexibility index (Phi) is 5.22. The van der Waals surface area contributed by atoms with Gasteiger partial charge in [0.25, 0.3) is 0 Å². The van der Waals surface area contributed by atoms with E-state index in [2.05, 4.69) is 91.0 Å². The second kappa shape index (κ2) is 9.58. The summed E-state index contributed by atoms with van der Waals surface area (Å²) in [6.07, 6.45) is 0. The monoisotopic (exact) mass is 589 g/mol. The highest BCUT2D eigenvalue weighted by Crippen LogP contribution is 2.40. The summed E-state index contributed by atoms with van der Waals surface area (Å²) < 4.78 is 12.8. The first-order chi connectivity index (χ1) is 22.8. The lowest BCUT2D eigenvalue weighted by Gasteiger charge is -2.11. The van der Waals surface area contributed by atoms with Crippen molar-refractivity contribution in [3.63, 3.8) is 0 Å². The Labute approximate surface area is 262 Å². The van der Waals surface area contributed by atoms with Gasteiger partial charge < -0.3 is 8.83 Å². The average Bonchev–Trinajstić information content (AvgIpc) is 3.69. The molecule has 3 heterocycles. The molecular formula is C41H23N3O2. The van der Waals surface area contributed by atoms with Crippen LogP contribution >= 0.6 is 0 Å². The number of nitrogens with zero attached hydrogens (tertiary/aromatic N) is 3. The Morgan fingerprint density at radius 2 is 0.826 bits per heavy atom. The summed E-state index contributed by atoms with van der Waals surface area (Å²) in [6.45, 7) is 0. The van der Waals surface area contributed by atoms with Gasteiger partial charge in [-0.15, -0.1) is 0 Å². The molecule has 0 aliphatic heterocycles. The predicted octanol–water partition coefficient (Wildman–Crippen LogP) is 11.0. The maximum atomic E-state index is 6.54. The summed E-state index contributed by atoms with van der Waals surface area (Å²) in [5.74, 6) is 1.83. The van der Waals surface area contributed by atoms with Crippen molar-refractivity contribution in [2.24, 2.45) is 0 Å². The molecule has 0 bridgehead atoms. The zero-order chi connectivity index (χ0) is 30.2. The van der Waals surface area contributed by atoms with Crippen molar-refractivity contribution in [1.29, 1.82) is 0 Å². The molecule has 0 spiro atoms. The fraction of sp³-hybridized carbons (Fsp3) is 0. The third-order valence-electron chi connectivity index (χ3n) is 8.94. The van der Waals surface area contributed by atoms with Crippen LogP contribution in [-0.4, -0.2) is 15.0 Å². The number of hydrogen-bond acceptors (Lipinski definition) is 5. The molecule has 46 heavy (non-hydrogen) atoms. The van der Waals surface area contributed by atoms with E-state index in [1.807, 2.05) is 48.5 Å². The fourth-order valence-electron chi connectivity index (χ4n) is 6.74. The molecule has 0 saturated carbocycles. The van der Waals surface area contributed by atoms with Crippen LogP contribution < -0.4 is 0 Å². The van der Waals surface area contributed by atoms with Gasteiger partial charge in [-0.3, -0.25) is 0 Å². The second-order valence-electron chi connectivity index (χ2n) is 11.6. The van der Waals surface area contributed by atoms with Gasteiger partial charge in [-0.2, -0.15) is 0 Å². The van der Waals surface area contributed by atoms with E-state index in [9.17, 15) is 0 Å². The topological polar surface area (TPSA) is 65.0 Å². The van der Waals surface area contributed by atoms with Gasteiger partial charge in [0.05, 0.1) is 0 Å². The zero-order valence-corrected chi connectivity index (χ0v) is 24.4. The van der Waals surface area contributed by atoms with E-state index in [1.54, 1.807) is 0 Å². The summed E-state index contributed by atoms with van der Waals surface area (Å²) in [4.78, 5) is 15.3. The summed E-state index contributed by atoms with van der Waals surface area (Å²) in [6, 6.07) is 47.6. The van der Waals surface area contributed by atoms with Crippen molar-refractivity contribution in [2.45, 2.75) is 0 Å². The van der Waals surface area contributed by atoms with Crippen molar-refractivity contribution >= 4 is 65.4 Å². The molecule has 0 saturated heterocycles. The maximum Gasteiger partial charge on any atom is 0.178 e. The number of furan rings is 2. The quantitative estimate of drug-likeness (QED) is 0.205. The molecule has 0 aliphatic carbocycles. The highest BCUT2D eigenvalue weighted by molar-refractivity contribution is 6.19. The molecule has 0 N–H and O–H groups in total. The van der Waals surface area contributed by atoms with Crippen LogP contribution in [0.15, 0.2) is 148 Å². The average molecular weight is 590 g/mol. The zero-order valence-electron chi connectivity index (χ0n) is 24.4. The predicted molar refractivity (Wildman–Crippen MR) is 186 cm³/mol. The molecule has 10 rings (SSSR count). The molecule has 214 valence electrons. The molecular weight excluding hydrogens is 566 g/mol. The molecule has 0 fully saturated rings. The normalized spacial score (nSPS) is 11.9. The first-order valence-corrected chi connectivity index (χ1v) is 15.3. The first-order valence-electron chi connectivity index (χ1n) is 15.3. The van der Waals surface area contributed by atoms with E-state index >= 15 is 0 Å². The molecule has 0 amide bonds. The summed E-state index contributed by atoms with van der Waals surface area (Å²) in [5.41, 5.74) is 5.86. The van der Waals surface area contributed by atoms with Crippen LogP contribution in [0.5, 0.6) is 0 Å². The van der Waals surface area contributed by atoms with E-state index in [4.69, 9.17) is 23.8 Å². The minimum Gasteiger partial charge on any atom is -0.452 e. The van der Waals surface area contributed by atoms with Crippen molar-refractivity contribution in [3.05, 3.63) is 140 Å². The van der Waals surface area contributed by atoms with Crippen molar-refractivity contribution in [1.82, 2.24) is 15.0 Å². The molecule has 0 radical (unpaired) electrons. The number of fused-ring (bicyclic) bond motifs is 9. The molecule has 0 atom stereocenters. The molecule has 5 heteroatoms.